The first-order valence-corrected chi connectivity index (χ1v) is 7.32. The molecule has 3 rings (SSSR count). The first-order chi connectivity index (χ1) is 9.07. The van der Waals surface area contributed by atoms with Crippen molar-refractivity contribution in [2.45, 2.75) is 25.7 Å². The molecule has 1 aromatic rings. The van der Waals surface area contributed by atoms with Crippen LogP contribution in [0.4, 0.5) is 0 Å². The number of carbonyl (C=O) groups excluding carboxylic acids is 2. The van der Waals surface area contributed by atoms with Crippen LogP contribution in [0.15, 0.2) is 23.6 Å². The van der Waals surface area contributed by atoms with Gasteiger partial charge >= 0.3 is 5.97 Å². The van der Waals surface area contributed by atoms with Crippen molar-refractivity contribution in [2.75, 3.05) is 7.11 Å². The van der Waals surface area contributed by atoms with Crippen LogP contribution in [-0.4, -0.2) is 18.9 Å². The second-order valence-corrected chi connectivity index (χ2v) is 6.48. The third-order valence-electron chi connectivity index (χ3n) is 4.43. The average molecular weight is 276 g/mol. The average Bonchev–Trinajstić information content (AvgIpc) is 2.87. The molecule has 0 aromatic carbocycles. The van der Waals surface area contributed by atoms with Crippen molar-refractivity contribution in [1.29, 1.82) is 0 Å². The molecule has 0 saturated heterocycles. The minimum absolute atomic E-state index is 0.0683. The molecule has 0 N–H and O–H groups in total. The zero-order chi connectivity index (χ0) is 13.6. The molecular weight excluding hydrogens is 260 g/mol. The van der Waals surface area contributed by atoms with Crippen LogP contribution in [-0.2, 0) is 20.7 Å². The van der Waals surface area contributed by atoms with Gasteiger partial charge in [0.25, 0.3) is 0 Å². The van der Waals surface area contributed by atoms with Gasteiger partial charge in [-0.15, -0.1) is 11.3 Å². The minimum Gasteiger partial charge on any atom is -0.468 e. The highest BCUT2D eigenvalue weighted by Gasteiger charge is 2.50. The van der Waals surface area contributed by atoms with Crippen molar-refractivity contribution in [3.05, 3.63) is 34.0 Å². The summed E-state index contributed by atoms with van der Waals surface area (Å²) < 4.78 is 4.86. The minimum atomic E-state index is -0.683. The van der Waals surface area contributed by atoms with Gasteiger partial charge in [-0.25, -0.2) is 0 Å². The number of thiophene rings is 1. The van der Waals surface area contributed by atoms with Crippen LogP contribution in [0.1, 0.15) is 29.7 Å². The van der Waals surface area contributed by atoms with Gasteiger partial charge < -0.3 is 4.74 Å². The maximum atomic E-state index is 12.1. The molecule has 100 valence electrons. The van der Waals surface area contributed by atoms with Crippen molar-refractivity contribution >= 4 is 23.1 Å². The molecule has 0 fully saturated rings. The molecule has 1 heterocycles. The Hall–Kier alpha value is -1.42. The Bertz CT molecular complexity index is 572. The molecule has 2 aliphatic rings. The van der Waals surface area contributed by atoms with E-state index in [9.17, 15) is 9.59 Å². The summed E-state index contributed by atoms with van der Waals surface area (Å²) in [6.07, 6.45) is 5.54. The molecule has 1 unspecified atom stereocenters. The number of hydrogen-bond acceptors (Lipinski definition) is 4. The number of ether oxygens (including phenoxy) is 1. The summed E-state index contributed by atoms with van der Waals surface area (Å²) in [6, 6.07) is 2.11. The second kappa shape index (κ2) is 4.30. The van der Waals surface area contributed by atoms with E-state index >= 15 is 0 Å². The maximum absolute atomic E-state index is 12.1. The highest BCUT2D eigenvalue weighted by molar-refractivity contribution is 7.10. The van der Waals surface area contributed by atoms with Gasteiger partial charge in [0.2, 0.25) is 0 Å². The number of carbonyl (C=O) groups is 2. The van der Waals surface area contributed by atoms with E-state index in [1.165, 1.54) is 17.6 Å². The van der Waals surface area contributed by atoms with Crippen molar-refractivity contribution in [1.82, 2.24) is 0 Å². The highest BCUT2D eigenvalue weighted by atomic mass is 32.1. The molecular formula is C15H16O3S. The second-order valence-electron chi connectivity index (χ2n) is 5.53. The predicted molar refractivity (Wildman–Crippen MR) is 73.1 cm³/mol. The van der Waals surface area contributed by atoms with Crippen LogP contribution in [0.2, 0.25) is 0 Å². The Labute approximate surface area is 116 Å². The van der Waals surface area contributed by atoms with Gasteiger partial charge in [0.05, 0.1) is 7.11 Å². The summed E-state index contributed by atoms with van der Waals surface area (Å²) >= 11 is 1.65. The molecule has 0 aliphatic heterocycles. The summed E-state index contributed by atoms with van der Waals surface area (Å²) in [5.74, 6) is -1.29. The quantitative estimate of drug-likeness (QED) is 0.585. The zero-order valence-corrected chi connectivity index (χ0v) is 11.8. The van der Waals surface area contributed by atoms with Crippen LogP contribution < -0.4 is 0 Å². The smallest absolute Gasteiger partial charge is 0.317 e. The Kier molecular flexibility index (Phi) is 2.86. The largest absolute Gasteiger partial charge is 0.468 e. The molecule has 3 nitrogen and oxygen atoms in total. The molecule has 0 saturated carbocycles. The van der Waals surface area contributed by atoms with E-state index < -0.39 is 11.9 Å². The lowest BCUT2D eigenvalue weighted by Crippen LogP contribution is -2.43. The van der Waals surface area contributed by atoms with E-state index in [1.54, 1.807) is 17.4 Å². The molecule has 0 bridgehead atoms. The lowest BCUT2D eigenvalue weighted by atomic mass is 9.60. The normalized spacial score (nSPS) is 32.6. The van der Waals surface area contributed by atoms with Crippen LogP contribution >= 0.6 is 11.3 Å². The van der Waals surface area contributed by atoms with Gasteiger partial charge in [0.15, 0.2) is 5.78 Å². The van der Waals surface area contributed by atoms with Gasteiger partial charge in [-0.3, -0.25) is 9.59 Å². The number of aryl methyl sites for hydroxylation is 1. The molecule has 1 aromatic heterocycles. The van der Waals surface area contributed by atoms with Crippen molar-refractivity contribution in [3.63, 3.8) is 0 Å². The fraction of sp³-hybridized carbons (Fsp3) is 0.467. The standard InChI is InChI=1S/C15H16O3S/c1-15-6-3-9-5-8-19-13(9)12(15)11(14(17)18-2)10(16)4-7-15/h4-5,7-8,11-12H,3,6H2,1-2H3/t11?,12-,15-/m0/s1. The Balaban J connectivity index is 2.15. The lowest BCUT2D eigenvalue weighted by molar-refractivity contribution is -0.151. The summed E-state index contributed by atoms with van der Waals surface area (Å²) in [4.78, 5) is 25.4. The van der Waals surface area contributed by atoms with Crippen molar-refractivity contribution in [2.24, 2.45) is 11.3 Å². The van der Waals surface area contributed by atoms with Gasteiger partial charge in [0, 0.05) is 10.8 Å². The SMILES string of the molecule is COC(=O)C1C(=O)C=C[C@]2(C)CCc3ccsc3[C@H]12. The molecule has 0 spiro atoms. The topological polar surface area (TPSA) is 43.4 Å². The first-order valence-electron chi connectivity index (χ1n) is 6.44. The van der Waals surface area contributed by atoms with Gasteiger partial charge in [-0.2, -0.15) is 0 Å². The number of esters is 1. The number of methoxy groups -OCH3 is 1. The zero-order valence-electron chi connectivity index (χ0n) is 11.0. The highest BCUT2D eigenvalue weighted by Crippen LogP contribution is 2.54. The van der Waals surface area contributed by atoms with Crippen LogP contribution in [0.3, 0.4) is 0 Å². The van der Waals surface area contributed by atoms with E-state index in [1.807, 2.05) is 11.5 Å². The summed E-state index contributed by atoms with van der Waals surface area (Å²) in [5, 5.41) is 2.05. The summed E-state index contributed by atoms with van der Waals surface area (Å²) in [7, 11) is 1.35. The van der Waals surface area contributed by atoms with Crippen LogP contribution in [0.25, 0.3) is 0 Å². The molecule has 0 amide bonds. The number of rotatable bonds is 1. The Morgan fingerprint density at radius 1 is 1.53 bits per heavy atom. The van der Waals surface area contributed by atoms with Crippen molar-refractivity contribution < 1.29 is 14.3 Å². The predicted octanol–water partition coefficient (Wildman–Crippen LogP) is 2.71. The molecule has 2 aliphatic carbocycles. The van der Waals surface area contributed by atoms with E-state index in [0.29, 0.717) is 0 Å². The first kappa shape index (κ1) is 12.6. The maximum Gasteiger partial charge on any atom is 0.317 e. The summed E-state index contributed by atoms with van der Waals surface area (Å²) in [6.45, 7) is 2.14. The fourth-order valence-corrected chi connectivity index (χ4v) is 4.58. The fourth-order valence-electron chi connectivity index (χ4n) is 3.32. The molecule has 0 radical (unpaired) electrons. The van der Waals surface area contributed by atoms with E-state index in [0.717, 1.165) is 12.8 Å². The molecule has 3 atom stereocenters. The molecule has 4 heteroatoms. The number of ketones is 1. The third kappa shape index (κ3) is 1.77. The number of allylic oxidation sites excluding steroid dienone is 2. The van der Waals surface area contributed by atoms with Gasteiger partial charge in [-0.05, 0) is 41.3 Å². The van der Waals surface area contributed by atoms with Gasteiger partial charge in [-0.1, -0.05) is 13.0 Å². The van der Waals surface area contributed by atoms with Crippen LogP contribution in [0, 0.1) is 11.3 Å². The number of hydrogen-bond donors (Lipinski definition) is 0. The third-order valence-corrected chi connectivity index (χ3v) is 5.47. The van der Waals surface area contributed by atoms with E-state index in [4.69, 9.17) is 4.74 Å². The van der Waals surface area contributed by atoms with Gasteiger partial charge in [0.1, 0.15) is 5.92 Å². The Morgan fingerprint density at radius 3 is 3.05 bits per heavy atom. The Morgan fingerprint density at radius 2 is 2.32 bits per heavy atom. The van der Waals surface area contributed by atoms with Crippen molar-refractivity contribution in [3.8, 4) is 0 Å². The van der Waals surface area contributed by atoms with E-state index in [-0.39, 0.29) is 17.1 Å². The van der Waals surface area contributed by atoms with E-state index in [2.05, 4.69) is 13.0 Å². The van der Waals surface area contributed by atoms with Crippen LogP contribution in [0.5, 0.6) is 0 Å². The lowest BCUT2D eigenvalue weighted by Gasteiger charge is -2.44. The molecule has 19 heavy (non-hydrogen) atoms. The number of fused-ring (bicyclic) bond motifs is 3. The summed E-state index contributed by atoms with van der Waals surface area (Å²) in [5.41, 5.74) is 1.16. The monoisotopic (exact) mass is 276 g/mol.